The summed E-state index contributed by atoms with van der Waals surface area (Å²) >= 11 is 0. The summed E-state index contributed by atoms with van der Waals surface area (Å²) in [5.74, 6) is 0.625. The van der Waals surface area contributed by atoms with Gasteiger partial charge in [-0.1, -0.05) is 24.3 Å². The second-order valence-corrected chi connectivity index (χ2v) is 5.01. The van der Waals surface area contributed by atoms with E-state index in [-0.39, 0.29) is 18.0 Å². The normalized spacial score (nSPS) is 12.4. The van der Waals surface area contributed by atoms with E-state index in [1.807, 2.05) is 45.2 Å². The predicted octanol–water partition coefficient (Wildman–Crippen LogP) is 3.92. The molecule has 106 valence electrons. The van der Waals surface area contributed by atoms with Crippen molar-refractivity contribution in [1.29, 1.82) is 0 Å². The van der Waals surface area contributed by atoms with Gasteiger partial charge in [-0.05, 0) is 56.3 Å². The molecule has 1 N–H and O–H groups in total. The van der Waals surface area contributed by atoms with Crippen molar-refractivity contribution in [2.45, 2.75) is 26.0 Å². The molecule has 2 aromatic carbocycles. The molecule has 0 saturated carbocycles. The average Bonchev–Trinajstić information content (AvgIpc) is 2.41. The summed E-state index contributed by atoms with van der Waals surface area (Å²) in [7, 11) is 1.89. The molecule has 0 radical (unpaired) electrons. The van der Waals surface area contributed by atoms with Gasteiger partial charge < -0.3 is 10.1 Å². The van der Waals surface area contributed by atoms with Gasteiger partial charge in [0.2, 0.25) is 0 Å². The summed E-state index contributed by atoms with van der Waals surface area (Å²) in [4.78, 5) is 0. The third-order valence-corrected chi connectivity index (χ3v) is 3.06. The zero-order chi connectivity index (χ0) is 14.5. The Bertz CT molecular complexity index is 551. The smallest absolute Gasteiger partial charge is 0.123 e. The Kier molecular flexibility index (Phi) is 4.74. The minimum Gasteiger partial charge on any atom is -0.491 e. The lowest BCUT2D eigenvalue weighted by Crippen LogP contribution is -2.17. The average molecular weight is 273 g/mol. The first-order valence-corrected chi connectivity index (χ1v) is 6.79. The lowest BCUT2D eigenvalue weighted by Gasteiger charge is -2.19. The van der Waals surface area contributed by atoms with Crippen molar-refractivity contribution >= 4 is 0 Å². The minimum atomic E-state index is -0.222. The van der Waals surface area contributed by atoms with Crippen molar-refractivity contribution in [3.63, 3.8) is 0 Å². The minimum absolute atomic E-state index is 0.0197. The largest absolute Gasteiger partial charge is 0.491 e. The molecule has 20 heavy (non-hydrogen) atoms. The van der Waals surface area contributed by atoms with Gasteiger partial charge >= 0.3 is 0 Å². The van der Waals surface area contributed by atoms with E-state index in [1.54, 1.807) is 12.1 Å². The number of hydrogen-bond donors (Lipinski definition) is 1. The first-order chi connectivity index (χ1) is 9.60. The Morgan fingerprint density at radius 2 is 1.70 bits per heavy atom. The molecule has 2 nitrogen and oxygen atoms in total. The van der Waals surface area contributed by atoms with Crippen LogP contribution in [0.2, 0.25) is 0 Å². The highest BCUT2D eigenvalue weighted by atomic mass is 19.1. The fourth-order valence-corrected chi connectivity index (χ4v) is 2.22. The van der Waals surface area contributed by atoms with E-state index in [1.165, 1.54) is 12.1 Å². The summed E-state index contributed by atoms with van der Waals surface area (Å²) < 4.78 is 18.7. The Morgan fingerprint density at radius 3 is 2.30 bits per heavy atom. The SMILES string of the molecule is CNC(c1ccc(F)cc1)c1cccc(OC(C)C)c1. The van der Waals surface area contributed by atoms with Gasteiger partial charge in [0.25, 0.3) is 0 Å². The van der Waals surface area contributed by atoms with Crippen LogP contribution in [0.15, 0.2) is 48.5 Å². The first-order valence-electron chi connectivity index (χ1n) is 6.79. The van der Waals surface area contributed by atoms with Crippen molar-refractivity contribution in [2.75, 3.05) is 7.05 Å². The molecule has 0 aliphatic carbocycles. The van der Waals surface area contributed by atoms with Gasteiger partial charge in [0.15, 0.2) is 0 Å². The van der Waals surface area contributed by atoms with Gasteiger partial charge in [-0.3, -0.25) is 0 Å². The van der Waals surface area contributed by atoms with Crippen LogP contribution in [-0.4, -0.2) is 13.2 Å². The summed E-state index contributed by atoms with van der Waals surface area (Å²) in [6.07, 6.45) is 0.143. The molecule has 3 heteroatoms. The van der Waals surface area contributed by atoms with Crippen LogP contribution in [0.4, 0.5) is 4.39 Å². The monoisotopic (exact) mass is 273 g/mol. The van der Waals surface area contributed by atoms with Crippen molar-refractivity contribution in [2.24, 2.45) is 0 Å². The summed E-state index contributed by atoms with van der Waals surface area (Å²) in [6.45, 7) is 4.00. The van der Waals surface area contributed by atoms with Crippen LogP contribution in [0.3, 0.4) is 0 Å². The van der Waals surface area contributed by atoms with Gasteiger partial charge in [-0.2, -0.15) is 0 Å². The summed E-state index contributed by atoms with van der Waals surface area (Å²) in [5.41, 5.74) is 2.12. The van der Waals surface area contributed by atoms with Crippen LogP contribution in [0.1, 0.15) is 31.0 Å². The molecule has 0 bridgehead atoms. The van der Waals surface area contributed by atoms with Gasteiger partial charge in [0.05, 0.1) is 12.1 Å². The van der Waals surface area contributed by atoms with Crippen molar-refractivity contribution < 1.29 is 9.13 Å². The second-order valence-electron chi connectivity index (χ2n) is 5.01. The molecule has 1 atom stereocenters. The molecule has 0 aliphatic heterocycles. The number of nitrogens with one attached hydrogen (secondary N) is 1. The highest BCUT2D eigenvalue weighted by Crippen LogP contribution is 2.25. The Morgan fingerprint density at radius 1 is 1.00 bits per heavy atom. The topological polar surface area (TPSA) is 21.3 Å². The molecule has 1 unspecified atom stereocenters. The second kappa shape index (κ2) is 6.53. The van der Waals surface area contributed by atoms with Crippen molar-refractivity contribution in [1.82, 2.24) is 5.32 Å². The van der Waals surface area contributed by atoms with E-state index in [0.29, 0.717) is 0 Å². The van der Waals surface area contributed by atoms with Crippen LogP contribution in [0.5, 0.6) is 5.75 Å². The molecule has 0 fully saturated rings. The molecule has 0 aliphatic rings. The van der Waals surface area contributed by atoms with E-state index in [9.17, 15) is 4.39 Å². The highest BCUT2D eigenvalue weighted by Gasteiger charge is 2.13. The molecule has 0 heterocycles. The molecular weight excluding hydrogens is 253 g/mol. The van der Waals surface area contributed by atoms with Crippen LogP contribution in [-0.2, 0) is 0 Å². The zero-order valence-electron chi connectivity index (χ0n) is 12.1. The van der Waals surface area contributed by atoms with Crippen LogP contribution < -0.4 is 10.1 Å². The van der Waals surface area contributed by atoms with E-state index in [0.717, 1.165) is 16.9 Å². The summed E-state index contributed by atoms with van der Waals surface area (Å²) in [6, 6.07) is 14.6. The predicted molar refractivity (Wildman–Crippen MR) is 79.5 cm³/mol. The molecule has 0 amide bonds. The maximum absolute atomic E-state index is 13.0. The van der Waals surface area contributed by atoms with E-state index in [2.05, 4.69) is 5.32 Å². The van der Waals surface area contributed by atoms with Crippen LogP contribution in [0, 0.1) is 5.82 Å². The quantitative estimate of drug-likeness (QED) is 0.891. The van der Waals surface area contributed by atoms with Gasteiger partial charge in [0.1, 0.15) is 11.6 Å². The highest BCUT2D eigenvalue weighted by molar-refractivity contribution is 5.36. The fraction of sp³-hybridized carbons (Fsp3) is 0.294. The number of benzene rings is 2. The summed E-state index contributed by atoms with van der Waals surface area (Å²) in [5, 5.41) is 3.26. The lowest BCUT2D eigenvalue weighted by molar-refractivity contribution is 0.242. The molecule has 2 aromatic rings. The number of hydrogen-bond acceptors (Lipinski definition) is 2. The van der Waals surface area contributed by atoms with Crippen molar-refractivity contribution in [3.8, 4) is 5.75 Å². The maximum atomic E-state index is 13.0. The Labute approximate surface area is 119 Å². The first kappa shape index (κ1) is 14.5. The lowest BCUT2D eigenvalue weighted by atomic mass is 9.98. The van der Waals surface area contributed by atoms with Gasteiger partial charge in [-0.15, -0.1) is 0 Å². The van der Waals surface area contributed by atoms with Crippen molar-refractivity contribution in [3.05, 3.63) is 65.5 Å². The Hall–Kier alpha value is -1.87. The molecule has 0 aromatic heterocycles. The third kappa shape index (κ3) is 3.58. The maximum Gasteiger partial charge on any atom is 0.123 e. The number of halogens is 1. The Balaban J connectivity index is 2.29. The number of ether oxygens (including phenoxy) is 1. The van der Waals surface area contributed by atoms with Gasteiger partial charge in [0, 0.05) is 0 Å². The van der Waals surface area contributed by atoms with E-state index < -0.39 is 0 Å². The zero-order valence-corrected chi connectivity index (χ0v) is 12.1. The number of rotatable bonds is 5. The molecular formula is C17H20FNO. The fourth-order valence-electron chi connectivity index (χ4n) is 2.22. The molecule has 2 rings (SSSR count). The van der Waals surface area contributed by atoms with Crippen LogP contribution >= 0.6 is 0 Å². The van der Waals surface area contributed by atoms with Gasteiger partial charge in [-0.25, -0.2) is 4.39 Å². The van der Waals surface area contributed by atoms with Crippen LogP contribution in [0.25, 0.3) is 0 Å². The van der Waals surface area contributed by atoms with E-state index >= 15 is 0 Å². The molecule has 0 saturated heterocycles. The molecule has 0 spiro atoms. The standard InChI is InChI=1S/C17H20FNO/c1-12(2)20-16-6-4-5-14(11-16)17(19-3)13-7-9-15(18)10-8-13/h4-12,17,19H,1-3H3. The third-order valence-electron chi connectivity index (χ3n) is 3.06. The van der Waals surface area contributed by atoms with E-state index in [4.69, 9.17) is 4.74 Å².